The van der Waals surface area contributed by atoms with Gasteiger partial charge in [-0.25, -0.2) is 0 Å². The number of methoxy groups -OCH3 is 1. The molecule has 1 N–H and O–H groups in total. The van der Waals surface area contributed by atoms with Gasteiger partial charge in [-0.15, -0.1) is 0 Å². The first kappa shape index (κ1) is 14.4. The lowest BCUT2D eigenvalue weighted by Crippen LogP contribution is -2.43. The fourth-order valence-electron chi connectivity index (χ4n) is 3.33. The summed E-state index contributed by atoms with van der Waals surface area (Å²) in [6.07, 6.45) is 2.54. The smallest absolute Gasteiger partial charge is 0.123 e. The number of benzene rings is 2. The van der Waals surface area contributed by atoms with Gasteiger partial charge < -0.3 is 10.1 Å². The van der Waals surface area contributed by atoms with E-state index >= 15 is 0 Å². The van der Waals surface area contributed by atoms with E-state index in [9.17, 15) is 0 Å². The Morgan fingerprint density at radius 3 is 2.90 bits per heavy atom. The Balaban J connectivity index is 1.91. The molecule has 1 aliphatic heterocycles. The van der Waals surface area contributed by atoms with Crippen molar-refractivity contribution in [2.75, 3.05) is 27.2 Å². The maximum atomic E-state index is 5.61. The molecule has 3 nitrogen and oxygen atoms in total. The summed E-state index contributed by atoms with van der Waals surface area (Å²) in [5.41, 5.74) is 1.31. The van der Waals surface area contributed by atoms with E-state index in [1.54, 1.807) is 7.11 Å². The van der Waals surface area contributed by atoms with E-state index in [1.165, 1.54) is 35.7 Å². The molecule has 1 heterocycles. The van der Waals surface area contributed by atoms with Crippen molar-refractivity contribution in [1.29, 1.82) is 0 Å². The highest BCUT2D eigenvalue weighted by molar-refractivity contribution is 5.87. The summed E-state index contributed by atoms with van der Waals surface area (Å²) in [5.74, 6) is 1.00. The van der Waals surface area contributed by atoms with Crippen LogP contribution in [0.25, 0.3) is 10.8 Å². The van der Waals surface area contributed by atoms with E-state index in [1.807, 2.05) is 0 Å². The molecular formula is C18H24N2O. The molecule has 0 aliphatic carbocycles. The number of hydrogen-bond acceptors (Lipinski definition) is 3. The SMILES string of the molecule is CNC1CCCN(Cc2c(OC)ccc3ccccc23)C1. The fourth-order valence-corrected chi connectivity index (χ4v) is 3.33. The minimum atomic E-state index is 0.611. The average molecular weight is 284 g/mol. The maximum absolute atomic E-state index is 5.61. The Hall–Kier alpha value is -1.58. The Morgan fingerprint density at radius 1 is 1.24 bits per heavy atom. The van der Waals surface area contributed by atoms with Gasteiger partial charge in [-0.1, -0.05) is 30.3 Å². The minimum absolute atomic E-state index is 0.611. The van der Waals surface area contributed by atoms with Crippen LogP contribution in [0, 0.1) is 0 Å². The molecule has 1 fully saturated rings. The highest BCUT2D eigenvalue weighted by atomic mass is 16.5. The zero-order chi connectivity index (χ0) is 14.7. The number of ether oxygens (including phenoxy) is 1. The van der Waals surface area contributed by atoms with E-state index in [2.05, 4.69) is 53.7 Å². The molecule has 1 atom stereocenters. The Bertz CT molecular complexity index is 611. The largest absolute Gasteiger partial charge is 0.496 e. The minimum Gasteiger partial charge on any atom is -0.496 e. The van der Waals surface area contributed by atoms with E-state index < -0.39 is 0 Å². The number of rotatable bonds is 4. The summed E-state index contributed by atoms with van der Waals surface area (Å²) < 4.78 is 5.61. The van der Waals surface area contributed by atoms with E-state index in [0.717, 1.165) is 18.8 Å². The molecule has 3 heteroatoms. The van der Waals surface area contributed by atoms with Crippen LogP contribution < -0.4 is 10.1 Å². The maximum Gasteiger partial charge on any atom is 0.123 e. The second-order valence-electron chi connectivity index (χ2n) is 5.83. The first-order valence-corrected chi connectivity index (χ1v) is 7.76. The van der Waals surface area contributed by atoms with Crippen molar-refractivity contribution in [2.45, 2.75) is 25.4 Å². The summed E-state index contributed by atoms with van der Waals surface area (Å²) in [7, 11) is 3.83. The van der Waals surface area contributed by atoms with Crippen molar-refractivity contribution in [1.82, 2.24) is 10.2 Å². The normalized spacial score (nSPS) is 19.8. The van der Waals surface area contributed by atoms with E-state index in [0.29, 0.717) is 6.04 Å². The summed E-state index contributed by atoms with van der Waals surface area (Å²) in [6, 6.07) is 13.4. The molecule has 1 aliphatic rings. The number of nitrogens with zero attached hydrogens (tertiary/aromatic N) is 1. The summed E-state index contributed by atoms with van der Waals surface area (Å²) in [5, 5.41) is 6.01. The molecule has 0 saturated carbocycles. The summed E-state index contributed by atoms with van der Waals surface area (Å²) in [4.78, 5) is 2.54. The van der Waals surface area contributed by atoms with Crippen LogP contribution in [0.3, 0.4) is 0 Å². The van der Waals surface area contributed by atoms with Crippen molar-refractivity contribution in [2.24, 2.45) is 0 Å². The first-order chi connectivity index (χ1) is 10.3. The molecule has 112 valence electrons. The molecule has 2 aromatic carbocycles. The molecule has 1 saturated heterocycles. The second kappa shape index (κ2) is 6.46. The number of piperidine rings is 1. The summed E-state index contributed by atoms with van der Waals surface area (Å²) in [6.45, 7) is 3.25. The molecule has 1 unspecified atom stereocenters. The molecule has 3 rings (SSSR count). The van der Waals surface area contributed by atoms with Crippen molar-refractivity contribution in [3.05, 3.63) is 42.0 Å². The zero-order valence-corrected chi connectivity index (χ0v) is 12.9. The van der Waals surface area contributed by atoms with Crippen LogP contribution in [0.15, 0.2) is 36.4 Å². The molecule has 2 aromatic rings. The van der Waals surface area contributed by atoms with Crippen molar-refractivity contribution in [3.63, 3.8) is 0 Å². The van der Waals surface area contributed by atoms with Crippen LogP contribution in [-0.4, -0.2) is 38.2 Å². The number of likely N-dealkylation sites (N-methyl/N-ethyl adjacent to an activating group) is 1. The molecule has 0 aromatic heterocycles. The number of hydrogen-bond donors (Lipinski definition) is 1. The molecule has 0 radical (unpaired) electrons. The fraction of sp³-hybridized carbons (Fsp3) is 0.444. The molecule has 21 heavy (non-hydrogen) atoms. The Morgan fingerprint density at radius 2 is 2.10 bits per heavy atom. The summed E-state index contributed by atoms with van der Waals surface area (Å²) >= 11 is 0. The van der Waals surface area contributed by atoms with Crippen molar-refractivity contribution < 1.29 is 4.74 Å². The predicted octanol–water partition coefficient (Wildman–Crippen LogP) is 3.03. The number of fused-ring (bicyclic) bond motifs is 1. The third-order valence-electron chi connectivity index (χ3n) is 4.51. The second-order valence-corrected chi connectivity index (χ2v) is 5.83. The van der Waals surface area contributed by atoms with Gasteiger partial charge >= 0.3 is 0 Å². The van der Waals surface area contributed by atoms with Gasteiger partial charge in [0.1, 0.15) is 5.75 Å². The lowest BCUT2D eigenvalue weighted by atomic mass is 10.0. The van der Waals surface area contributed by atoms with Crippen LogP contribution in [0.2, 0.25) is 0 Å². The molecular weight excluding hydrogens is 260 g/mol. The lowest BCUT2D eigenvalue weighted by molar-refractivity contribution is 0.187. The molecule has 0 bridgehead atoms. The average Bonchev–Trinajstić information content (AvgIpc) is 2.55. The quantitative estimate of drug-likeness (QED) is 0.934. The van der Waals surface area contributed by atoms with Gasteiger partial charge in [0, 0.05) is 24.7 Å². The van der Waals surface area contributed by atoms with Gasteiger partial charge in [-0.2, -0.15) is 0 Å². The first-order valence-electron chi connectivity index (χ1n) is 7.76. The van der Waals surface area contributed by atoms with Crippen LogP contribution in [-0.2, 0) is 6.54 Å². The highest BCUT2D eigenvalue weighted by Crippen LogP contribution is 2.29. The van der Waals surface area contributed by atoms with Crippen molar-refractivity contribution >= 4 is 10.8 Å². The zero-order valence-electron chi connectivity index (χ0n) is 12.9. The highest BCUT2D eigenvalue weighted by Gasteiger charge is 2.20. The van der Waals surface area contributed by atoms with Crippen molar-refractivity contribution in [3.8, 4) is 5.75 Å². The van der Waals surface area contributed by atoms with Crippen LogP contribution >= 0.6 is 0 Å². The topological polar surface area (TPSA) is 24.5 Å². The van der Waals surface area contributed by atoms with Gasteiger partial charge in [0.05, 0.1) is 7.11 Å². The van der Waals surface area contributed by atoms with Crippen LogP contribution in [0.1, 0.15) is 18.4 Å². The van der Waals surface area contributed by atoms with Gasteiger partial charge in [0.2, 0.25) is 0 Å². The van der Waals surface area contributed by atoms with E-state index in [4.69, 9.17) is 4.74 Å². The van der Waals surface area contributed by atoms with E-state index in [-0.39, 0.29) is 0 Å². The van der Waals surface area contributed by atoms with Crippen LogP contribution in [0.4, 0.5) is 0 Å². The third kappa shape index (κ3) is 3.04. The monoisotopic (exact) mass is 284 g/mol. The van der Waals surface area contributed by atoms with Gasteiger partial charge in [-0.3, -0.25) is 4.90 Å². The number of likely N-dealkylation sites (tertiary alicyclic amines) is 1. The van der Waals surface area contributed by atoms with Crippen LogP contribution in [0.5, 0.6) is 5.75 Å². The third-order valence-corrected chi connectivity index (χ3v) is 4.51. The van der Waals surface area contributed by atoms with Gasteiger partial charge in [0.25, 0.3) is 0 Å². The predicted molar refractivity (Wildman–Crippen MR) is 87.9 cm³/mol. The Labute approximate surface area is 126 Å². The molecule has 0 spiro atoms. The Kier molecular flexibility index (Phi) is 4.42. The van der Waals surface area contributed by atoms with Gasteiger partial charge in [-0.05, 0) is 43.3 Å². The molecule has 0 amide bonds. The lowest BCUT2D eigenvalue weighted by Gasteiger charge is -2.33. The van der Waals surface area contributed by atoms with Gasteiger partial charge in [0.15, 0.2) is 0 Å². The standard InChI is InChI=1S/C18H24N2O/c1-19-15-7-5-11-20(12-15)13-17-16-8-4-3-6-14(16)9-10-18(17)21-2/h3-4,6,8-10,15,19H,5,7,11-13H2,1-2H3. The number of nitrogens with one attached hydrogen (secondary N) is 1.